The first-order chi connectivity index (χ1) is 5.52. The van der Waals surface area contributed by atoms with Gasteiger partial charge in [0, 0.05) is 3.57 Å². The van der Waals surface area contributed by atoms with Crippen molar-refractivity contribution in [3.8, 4) is 0 Å². The van der Waals surface area contributed by atoms with Gasteiger partial charge in [0.1, 0.15) is 5.82 Å². The number of nitrogens with two attached hydrogens (primary N) is 1. The van der Waals surface area contributed by atoms with Gasteiger partial charge in [0.15, 0.2) is 0 Å². The van der Waals surface area contributed by atoms with E-state index in [-0.39, 0.29) is 5.56 Å². The maximum atomic E-state index is 13.1. The summed E-state index contributed by atoms with van der Waals surface area (Å²) in [5.41, 5.74) is 4.92. The van der Waals surface area contributed by atoms with Gasteiger partial charge in [-0.05, 0) is 57.3 Å². The first kappa shape index (κ1) is 10.2. The maximum absolute atomic E-state index is 13.1. The SMILES string of the molecule is NC(=O)c1cc(I)cc(I)c1F. The average molecular weight is 391 g/mol. The highest BCUT2D eigenvalue weighted by molar-refractivity contribution is 14.1. The molecule has 1 aromatic rings. The van der Waals surface area contributed by atoms with Gasteiger partial charge in [0.25, 0.3) is 5.91 Å². The Morgan fingerprint density at radius 2 is 2.00 bits per heavy atom. The van der Waals surface area contributed by atoms with Gasteiger partial charge >= 0.3 is 0 Å². The summed E-state index contributed by atoms with van der Waals surface area (Å²) >= 11 is 3.82. The lowest BCUT2D eigenvalue weighted by Crippen LogP contribution is -2.14. The van der Waals surface area contributed by atoms with E-state index in [0.29, 0.717) is 3.57 Å². The second-order valence-electron chi connectivity index (χ2n) is 2.11. The number of hydrogen-bond acceptors (Lipinski definition) is 1. The third-order valence-electron chi connectivity index (χ3n) is 1.26. The Balaban J connectivity index is 3.37. The molecular formula is C7H4FI2NO. The molecule has 0 bridgehead atoms. The fourth-order valence-corrected chi connectivity index (χ4v) is 2.58. The van der Waals surface area contributed by atoms with Crippen LogP contribution in [0.4, 0.5) is 4.39 Å². The Hall–Kier alpha value is 0.0800. The van der Waals surface area contributed by atoms with Gasteiger partial charge in [0.05, 0.1) is 9.13 Å². The van der Waals surface area contributed by atoms with E-state index in [4.69, 9.17) is 5.73 Å². The van der Waals surface area contributed by atoms with Gasteiger partial charge in [0.2, 0.25) is 0 Å². The predicted octanol–water partition coefficient (Wildman–Crippen LogP) is 2.13. The molecular weight excluding hydrogens is 387 g/mol. The molecule has 0 aromatic heterocycles. The third kappa shape index (κ3) is 2.06. The number of benzene rings is 1. The lowest BCUT2D eigenvalue weighted by molar-refractivity contribution is 0.0996. The molecule has 5 heteroatoms. The monoisotopic (exact) mass is 391 g/mol. The van der Waals surface area contributed by atoms with Crippen LogP contribution in [0.1, 0.15) is 10.4 Å². The van der Waals surface area contributed by atoms with Crippen LogP contribution in [0.5, 0.6) is 0 Å². The largest absolute Gasteiger partial charge is 0.366 e. The maximum Gasteiger partial charge on any atom is 0.251 e. The fourth-order valence-electron chi connectivity index (χ4n) is 0.735. The summed E-state index contributed by atoms with van der Waals surface area (Å²) < 4.78 is 14.3. The summed E-state index contributed by atoms with van der Waals surface area (Å²) in [5.74, 6) is -1.27. The van der Waals surface area contributed by atoms with Gasteiger partial charge < -0.3 is 5.73 Å². The molecule has 0 unspecified atom stereocenters. The van der Waals surface area contributed by atoms with E-state index in [0.717, 1.165) is 3.57 Å². The summed E-state index contributed by atoms with van der Waals surface area (Å²) in [6.45, 7) is 0. The minimum Gasteiger partial charge on any atom is -0.366 e. The van der Waals surface area contributed by atoms with Crippen molar-refractivity contribution >= 4 is 51.1 Å². The van der Waals surface area contributed by atoms with Gasteiger partial charge in [-0.3, -0.25) is 4.79 Å². The van der Waals surface area contributed by atoms with Crippen molar-refractivity contribution in [1.29, 1.82) is 0 Å². The summed E-state index contributed by atoms with van der Waals surface area (Å²) in [6, 6.07) is 3.07. The van der Waals surface area contributed by atoms with E-state index < -0.39 is 11.7 Å². The molecule has 0 fully saturated rings. The Morgan fingerprint density at radius 3 is 2.50 bits per heavy atom. The molecule has 0 saturated carbocycles. The highest BCUT2D eigenvalue weighted by Crippen LogP contribution is 2.18. The predicted molar refractivity (Wildman–Crippen MR) is 60.4 cm³/mol. The van der Waals surface area contributed by atoms with Crippen LogP contribution < -0.4 is 5.73 Å². The highest BCUT2D eigenvalue weighted by atomic mass is 127. The molecule has 0 aliphatic heterocycles. The third-order valence-corrected chi connectivity index (χ3v) is 2.67. The highest BCUT2D eigenvalue weighted by Gasteiger charge is 2.11. The molecule has 0 heterocycles. The molecule has 64 valence electrons. The quantitative estimate of drug-likeness (QED) is 0.579. The van der Waals surface area contributed by atoms with Crippen LogP contribution in [0.15, 0.2) is 12.1 Å². The van der Waals surface area contributed by atoms with E-state index in [2.05, 4.69) is 0 Å². The van der Waals surface area contributed by atoms with E-state index in [1.165, 1.54) is 6.07 Å². The molecule has 1 aromatic carbocycles. The molecule has 0 atom stereocenters. The van der Waals surface area contributed by atoms with Crippen LogP contribution in [0.2, 0.25) is 0 Å². The van der Waals surface area contributed by atoms with Crippen molar-refractivity contribution in [3.63, 3.8) is 0 Å². The zero-order chi connectivity index (χ0) is 9.30. The van der Waals surface area contributed by atoms with Gasteiger partial charge in [-0.15, -0.1) is 0 Å². The molecule has 0 radical (unpaired) electrons. The smallest absolute Gasteiger partial charge is 0.251 e. The number of carbonyl (C=O) groups excluding carboxylic acids is 1. The average Bonchev–Trinajstić information content (AvgIpc) is 1.96. The molecule has 0 spiro atoms. The molecule has 12 heavy (non-hydrogen) atoms. The zero-order valence-electron chi connectivity index (χ0n) is 5.77. The second kappa shape index (κ2) is 3.86. The topological polar surface area (TPSA) is 43.1 Å². The van der Waals surface area contributed by atoms with Crippen molar-refractivity contribution in [3.05, 3.63) is 30.7 Å². The van der Waals surface area contributed by atoms with Crippen LogP contribution in [0.3, 0.4) is 0 Å². The van der Waals surface area contributed by atoms with E-state index >= 15 is 0 Å². The summed E-state index contributed by atoms with van der Waals surface area (Å²) in [7, 11) is 0. The molecule has 1 rings (SSSR count). The van der Waals surface area contributed by atoms with Crippen LogP contribution >= 0.6 is 45.2 Å². The first-order valence-electron chi connectivity index (χ1n) is 2.96. The molecule has 1 amide bonds. The second-order valence-corrected chi connectivity index (χ2v) is 4.52. The number of carbonyl (C=O) groups is 1. The number of hydrogen-bond donors (Lipinski definition) is 1. The van der Waals surface area contributed by atoms with Crippen LogP contribution in [-0.4, -0.2) is 5.91 Å². The van der Waals surface area contributed by atoms with Crippen LogP contribution in [0, 0.1) is 13.0 Å². The molecule has 0 aliphatic rings. The van der Waals surface area contributed by atoms with Gasteiger partial charge in [-0.25, -0.2) is 4.39 Å². The van der Waals surface area contributed by atoms with Crippen LogP contribution in [-0.2, 0) is 0 Å². The van der Waals surface area contributed by atoms with Crippen molar-refractivity contribution in [2.24, 2.45) is 5.73 Å². The standard InChI is InChI=1S/C7H4FI2NO/c8-6-4(7(11)12)1-3(9)2-5(6)10/h1-2H,(H2,11,12). The fraction of sp³-hybridized carbons (Fsp3) is 0. The number of amides is 1. The lowest BCUT2D eigenvalue weighted by Gasteiger charge is -2.01. The molecule has 2 nitrogen and oxygen atoms in total. The van der Waals surface area contributed by atoms with Crippen molar-refractivity contribution in [1.82, 2.24) is 0 Å². The molecule has 2 N–H and O–H groups in total. The summed E-state index contributed by atoms with van der Waals surface area (Å²) in [4.78, 5) is 10.7. The number of halogens is 3. The minimum absolute atomic E-state index is 0.0497. The van der Waals surface area contributed by atoms with Gasteiger partial charge in [-0.2, -0.15) is 0 Å². The Morgan fingerprint density at radius 1 is 1.42 bits per heavy atom. The van der Waals surface area contributed by atoms with E-state index in [9.17, 15) is 9.18 Å². The van der Waals surface area contributed by atoms with Crippen LogP contribution in [0.25, 0.3) is 0 Å². The Kier molecular flexibility index (Phi) is 3.27. The van der Waals surface area contributed by atoms with E-state index in [1.807, 2.05) is 45.2 Å². The minimum atomic E-state index is -0.732. The lowest BCUT2D eigenvalue weighted by atomic mass is 10.2. The Labute approximate surface area is 96.0 Å². The van der Waals surface area contributed by atoms with Crippen molar-refractivity contribution in [2.75, 3.05) is 0 Å². The normalized spacial score (nSPS) is 9.92. The number of rotatable bonds is 1. The van der Waals surface area contributed by atoms with Crippen molar-refractivity contribution in [2.45, 2.75) is 0 Å². The van der Waals surface area contributed by atoms with E-state index in [1.54, 1.807) is 6.07 Å². The molecule has 0 saturated heterocycles. The summed E-state index contributed by atoms with van der Waals surface area (Å²) in [5, 5.41) is 0. The Bertz CT molecular complexity index is 340. The van der Waals surface area contributed by atoms with Crippen molar-refractivity contribution < 1.29 is 9.18 Å². The zero-order valence-corrected chi connectivity index (χ0v) is 10.1. The van der Waals surface area contributed by atoms with Gasteiger partial charge in [-0.1, -0.05) is 0 Å². The number of primary amides is 1. The first-order valence-corrected chi connectivity index (χ1v) is 5.12. The molecule has 0 aliphatic carbocycles. The summed E-state index contributed by atoms with van der Waals surface area (Å²) in [6.07, 6.45) is 0.